The number of hydrogen-bond acceptors (Lipinski definition) is 5. The van der Waals surface area contributed by atoms with Crippen molar-refractivity contribution in [2.75, 3.05) is 7.05 Å². The molecule has 0 saturated carbocycles. The van der Waals surface area contributed by atoms with Crippen molar-refractivity contribution < 1.29 is 14.7 Å². The van der Waals surface area contributed by atoms with Gasteiger partial charge in [0.1, 0.15) is 11.5 Å². The molecule has 0 aliphatic carbocycles. The van der Waals surface area contributed by atoms with Crippen LogP contribution in [-0.4, -0.2) is 43.0 Å². The molecule has 160 valence electrons. The van der Waals surface area contributed by atoms with Gasteiger partial charge in [-0.25, -0.2) is 18.9 Å². The van der Waals surface area contributed by atoms with Crippen molar-refractivity contribution in [1.29, 1.82) is 0 Å². The summed E-state index contributed by atoms with van der Waals surface area (Å²) in [6.07, 6.45) is 5.66. The Hall–Kier alpha value is -4.24. The number of fused-ring (bicyclic) bond motifs is 2. The fourth-order valence-electron chi connectivity index (χ4n) is 3.51. The molecule has 9 heteroatoms. The van der Waals surface area contributed by atoms with Gasteiger partial charge in [0.2, 0.25) is 0 Å². The van der Waals surface area contributed by atoms with E-state index in [1.165, 1.54) is 19.2 Å². The van der Waals surface area contributed by atoms with Gasteiger partial charge in [0, 0.05) is 30.6 Å². The number of pyridine rings is 1. The summed E-state index contributed by atoms with van der Waals surface area (Å²) >= 11 is 0. The highest BCUT2D eigenvalue weighted by atomic mass is 19.1. The van der Waals surface area contributed by atoms with Crippen molar-refractivity contribution in [3.8, 4) is 11.3 Å². The monoisotopic (exact) mass is 430 g/mol. The minimum Gasteiger partial charge on any atom is -0.412 e. The lowest BCUT2D eigenvalue weighted by atomic mass is 10.1. The summed E-state index contributed by atoms with van der Waals surface area (Å²) in [7, 11) is 1.46. The van der Waals surface area contributed by atoms with Crippen LogP contribution in [0.3, 0.4) is 0 Å². The predicted octanol–water partition coefficient (Wildman–Crippen LogP) is 2.60. The topological polar surface area (TPSA) is 117 Å². The molecule has 5 rings (SSSR count). The number of nitrogens with zero attached hydrogens (tertiary/aromatic N) is 5. The summed E-state index contributed by atoms with van der Waals surface area (Å²) in [6.45, 7) is 0. The molecule has 0 aliphatic rings. The molecular formula is C23H19FN6O2. The Kier molecular flexibility index (Phi) is 5.57. The van der Waals surface area contributed by atoms with Gasteiger partial charge in [0.25, 0.3) is 11.7 Å². The van der Waals surface area contributed by atoms with E-state index in [1.807, 2.05) is 24.3 Å². The third-order valence-corrected chi connectivity index (χ3v) is 5.09. The van der Waals surface area contributed by atoms with Gasteiger partial charge in [-0.15, -0.1) is 0 Å². The van der Waals surface area contributed by atoms with Crippen LogP contribution in [-0.2, 0) is 6.42 Å². The lowest BCUT2D eigenvalue weighted by Gasteiger charge is -2.07. The van der Waals surface area contributed by atoms with E-state index >= 15 is 0 Å². The number of amides is 1. The van der Waals surface area contributed by atoms with Crippen LogP contribution in [0.2, 0.25) is 0 Å². The van der Waals surface area contributed by atoms with Crippen LogP contribution < -0.4 is 5.32 Å². The maximum atomic E-state index is 14.4. The highest BCUT2D eigenvalue weighted by molar-refractivity contribution is 5.94. The van der Waals surface area contributed by atoms with Crippen molar-refractivity contribution >= 4 is 22.6 Å². The van der Waals surface area contributed by atoms with Gasteiger partial charge in [0.15, 0.2) is 0 Å². The molecule has 2 aromatic carbocycles. The second-order valence-corrected chi connectivity index (χ2v) is 7.09. The normalized spacial score (nSPS) is 10.8. The SMILES string of the molecule is CNC(=O)c1ccc(-c2cnc3ncc(Cc4ccc5ncccc5c4)n3n2)cc1F.O. The van der Waals surface area contributed by atoms with Crippen LogP contribution >= 0.6 is 0 Å². The Balaban J connectivity index is 0.00000245. The number of rotatable bonds is 4. The minimum absolute atomic E-state index is 0. The standard InChI is InChI=1S/C23H17FN6O.H2O/c1-25-22(31)18-6-5-16(11-19(18)24)21-13-28-23-27-12-17(30(23)29-21)10-14-4-7-20-15(9-14)3-2-8-26-20;/h2-9,11-13H,10H2,1H3,(H,25,31);1H2. The van der Waals surface area contributed by atoms with Crippen LogP contribution in [0.4, 0.5) is 4.39 Å². The van der Waals surface area contributed by atoms with Crippen LogP contribution in [0.15, 0.2) is 67.1 Å². The maximum absolute atomic E-state index is 14.4. The second-order valence-electron chi connectivity index (χ2n) is 7.09. The molecule has 0 unspecified atom stereocenters. The first-order valence-electron chi connectivity index (χ1n) is 9.68. The molecule has 1 amide bonds. The quantitative estimate of drug-likeness (QED) is 0.470. The van der Waals surface area contributed by atoms with E-state index in [1.54, 1.807) is 29.2 Å². The van der Waals surface area contributed by atoms with E-state index < -0.39 is 11.7 Å². The third kappa shape index (κ3) is 3.77. The van der Waals surface area contributed by atoms with E-state index in [2.05, 4.69) is 31.4 Å². The summed E-state index contributed by atoms with van der Waals surface area (Å²) in [5.41, 5.74) is 3.88. The number of nitrogens with one attached hydrogen (secondary N) is 1. The number of carbonyl (C=O) groups is 1. The lowest BCUT2D eigenvalue weighted by Crippen LogP contribution is -2.19. The highest BCUT2D eigenvalue weighted by Gasteiger charge is 2.14. The Morgan fingerprint density at radius 2 is 1.91 bits per heavy atom. The van der Waals surface area contributed by atoms with E-state index in [0.29, 0.717) is 23.5 Å². The van der Waals surface area contributed by atoms with Gasteiger partial charge in [-0.3, -0.25) is 9.78 Å². The number of hydrogen-bond donors (Lipinski definition) is 1. The fourth-order valence-corrected chi connectivity index (χ4v) is 3.51. The van der Waals surface area contributed by atoms with Crippen molar-refractivity contribution in [1.82, 2.24) is 29.9 Å². The van der Waals surface area contributed by atoms with E-state index in [9.17, 15) is 9.18 Å². The van der Waals surface area contributed by atoms with E-state index in [-0.39, 0.29) is 11.0 Å². The van der Waals surface area contributed by atoms with Gasteiger partial charge >= 0.3 is 0 Å². The zero-order chi connectivity index (χ0) is 21.4. The smallest absolute Gasteiger partial charge is 0.253 e. The molecule has 32 heavy (non-hydrogen) atoms. The number of imidazole rings is 1. The number of benzene rings is 2. The summed E-state index contributed by atoms with van der Waals surface area (Å²) < 4.78 is 16.0. The van der Waals surface area contributed by atoms with E-state index in [4.69, 9.17) is 0 Å². The molecule has 3 heterocycles. The summed E-state index contributed by atoms with van der Waals surface area (Å²) in [5, 5.41) is 8.09. The zero-order valence-electron chi connectivity index (χ0n) is 17.1. The number of aromatic nitrogens is 5. The van der Waals surface area contributed by atoms with Crippen molar-refractivity contribution in [2.45, 2.75) is 6.42 Å². The average molecular weight is 430 g/mol. The zero-order valence-corrected chi connectivity index (χ0v) is 17.1. The molecule has 0 spiro atoms. The molecule has 3 N–H and O–H groups in total. The molecule has 0 radical (unpaired) electrons. The molecular weight excluding hydrogens is 411 g/mol. The van der Waals surface area contributed by atoms with Crippen molar-refractivity contribution in [2.24, 2.45) is 0 Å². The van der Waals surface area contributed by atoms with Crippen LogP contribution in [0.5, 0.6) is 0 Å². The molecule has 8 nitrogen and oxygen atoms in total. The Bertz CT molecular complexity index is 1450. The predicted molar refractivity (Wildman–Crippen MR) is 118 cm³/mol. The summed E-state index contributed by atoms with van der Waals surface area (Å²) in [4.78, 5) is 24.8. The first kappa shape index (κ1) is 21.0. The largest absolute Gasteiger partial charge is 0.412 e. The molecule has 0 bridgehead atoms. The number of halogens is 1. The average Bonchev–Trinajstić information content (AvgIpc) is 3.20. The summed E-state index contributed by atoms with van der Waals surface area (Å²) in [5.74, 6) is -0.633. The highest BCUT2D eigenvalue weighted by Crippen LogP contribution is 2.21. The van der Waals surface area contributed by atoms with Gasteiger partial charge in [-0.2, -0.15) is 5.10 Å². The first-order valence-corrected chi connectivity index (χ1v) is 9.68. The number of carbonyl (C=O) groups excluding carboxylic acids is 1. The molecule has 0 aliphatic heterocycles. The summed E-state index contributed by atoms with van der Waals surface area (Å²) in [6, 6.07) is 14.4. The third-order valence-electron chi connectivity index (χ3n) is 5.09. The van der Waals surface area contributed by atoms with Crippen molar-refractivity contribution in [3.05, 3.63) is 89.8 Å². The lowest BCUT2D eigenvalue weighted by molar-refractivity contribution is 0.0959. The maximum Gasteiger partial charge on any atom is 0.253 e. The Morgan fingerprint density at radius 3 is 2.72 bits per heavy atom. The van der Waals surface area contributed by atoms with Crippen LogP contribution in [0, 0.1) is 5.82 Å². The van der Waals surface area contributed by atoms with E-state index in [0.717, 1.165) is 22.2 Å². The molecule has 0 atom stereocenters. The van der Waals surface area contributed by atoms with Crippen molar-refractivity contribution in [3.63, 3.8) is 0 Å². The van der Waals surface area contributed by atoms with Gasteiger partial charge in [-0.05, 0) is 35.9 Å². The minimum atomic E-state index is -0.616. The molecule has 0 saturated heterocycles. The van der Waals surface area contributed by atoms with Crippen LogP contribution in [0.25, 0.3) is 27.9 Å². The van der Waals surface area contributed by atoms with Gasteiger partial charge < -0.3 is 10.8 Å². The first-order chi connectivity index (χ1) is 15.1. The molecule has 5 aromatic rings. The second kappa shape index (κ2) is 8.48. The molecule has 3 aromatic heterocycles. The Labute approximate surface area is 182 Å². The van der Waals surface area contributed by atoms with Crippen LogP contribution in [0.1, 0.15) is 21.6 Å². The van der Waals surface area contributed by atoms with Gasteiger partial charge in [0.05, 0.1) is 29.2 Å². The van der Waals surface area contributed by atoms with Gasteiger partial charge in [-0.1, -0.05) is 18.2 Å². The molecule has 0 fully saturated rings. The Morgan fingerprint density at radius 1 is 1.06 bits per heavy atom. The fraction of sp³-hybridized carbons (Fsp3) is 0.0870.